The minimum Gasteiger partial charge on any atom is -0.465 e. The molecule has 0 aliphatic carbocycles. The number of ether oxygens (including phenoxy) is 1. The first-order valence-electron chi connectivity index (χ1n) is 13.3. The highest BCUT2D eigenvalue weighted by molar-refractivity contribution is 5.69. The third-order valence-electron chi connectivity index (χ3n) is 7.20. The number of amides is 2. The van der Waals surface area contributed by atoms with Gasteiger partial charge in [-0.3, -0.25) is 9.80 Å². The number of aryl methyl sites for hydroxylation is 2. The van der Waals surface area contributed by atoms with Gasteiger partial charge < -0.3 is 19.8 Å². The second-order valence-corrected chi connectivity index (χ2v) is 11.1. The summed E-state index contributed by atoms with van der Waals surface area (Å²) in [5.41, 5.74) is 3.62. The number of hydrogen-bond donors (Lipinski definition) is 3. The predicted octanol–water partition coefficient (Wildman–Crippen LogP) is 5.47. The number of carboxylic acid groups (broad SMARTS) is 1. The number of imidazole rings is 2. The molecule has 2 aliphatic heterocycles. The first-order valence-corrected chi connectivity index (χ1v) is 13.3. The molecule has 2 unspecified atom stereocenters. The fourth-order valence-corrected chi connectivity index (χ4v) is 5.33. The van der Waals surface area contributed by atoms with Crippen molar-refractivity contribution in [2.24, 2.45) is 0 Å². The Hall–Kier alpha value is -3.82. The summed E-state index contributed by atoms with van der Waals surface area (Å²) in [6.07, 6.45) is 7.56. The number of aromatic amines is 2. The van der Waals surface area contributed by atoms with Gasteiger partial charge in [-0.25, -0.2) is 19.6 Å². The molecule has 2 saturated heterocycles. The van der Waals surface area contributed by atoms with E-state index in [1.165, 1.54) is 10.5 Å². The monoisotopic (exact) mass is 520 g/mol. The molecular formula is C28H36N6O4. The normalized spacial score (nSPS) is 19.8. The van der Waals surface area contributed by atoms with Crippen molar-refractivity contribution in [2.75, 3.05) is 13.1 Å². The van der Waals surface area contributed by atoms with Crippen molar-refractivity contribution in [3.05, 3.63) is 59.6 Å². The summed E-state index contributed by atoms with van der Waals surface area (Å²) in [6.45, 7) is 6.87. The van der Waals surface area contributed by atoms with Crippen LogP contribution in [-0.4, -0.2) is 65.7 Å². The van der Waals surface area contributed by atoms with Crippen LogP contribution in [0.4, 0.5) is 9.59 Å². The molecule has 2 aliphatic rings. The molecule has 3 aromatic rings. The van der Waals surface area contributed by atoms with Crippen molar-refractivity contribution < 1.29 is 19.4 Å². The Morgan fingerprint density at radius 1 is 0.947 bits per heavy atom. The van der Waals surface area contributed by atoms with Crippen LogP contribution in [0.1, 0.15) is 81.4 Å². The van der Waals surface area contributed by atoms with Gasteiger partial charge >= 0.3 is 12.2 Å². The Morgan fingerprint density at radius 2 is 1.58 bits per heavy atom. The van der Waals surface area contributed by atoms with Crippen LogP contribution in [0.15, 0.2) is 36.7 Å². The number of nitrogens with one attached hydrogen (secondary N) is 2. The van der Waals surface area contributed by atoms with Crippen molar-refractivity contribution in [2.45, 2.75) is 77.0 Å². The maximum absolute atomic E-state index is 12.6. The highest BCUT2D eigenvalue weighted by atomic mass is 16.6. The van der Waals surface area contributed by atoms with Gasteiger partial charge in [0.2, 0.25) is 0 Å². The summed E-state index contributed by atoms with van der Waals surface area (Å²) in [5.74, 6) is 1.52. The Labute approximate surface area is 222 Å². The number of carbonyl (C=O) groups excluding carboxylic acids is 1. The predicted molar refractivity (Wildman–Crippen MR) is 142 cm³/mol. The van der Waals surface area contributed by atoms with Gasteiger partial charge in [-0.15, -0.1) is 0 Å². The van der Waals surface area contributed by atoms with Crippen molar-refractivity contribution in [3.8, 4) is 11.3 Å². The summed E-state index contributed by atoms with van der Waals surface area (Å²) in [5, 5.41) is 9.42. The number of hydrogen-bond acceptors (Lipinski definition) is 5. The molecule has 0 radical (unpaired) electrons. The summed E-state index contributed by atoms with van der Waals surface area (Å²) < 4.78 is 5.58. The van der Waals surface area contributed by atoms with Crippen LogP contribution in [0, 0.1) is 0 Å². The van der Waals surface area contributed by atoms with Crippen LogP contribution >= 0.6 is 0 Å². The van der Waals surface area contributed by atoms with E-state index in [2.05, 4.69) is 44.2 Å². The molecule has 0 saturated carbocycles. The smallest absolute Gasteiger partial charge is 0.410 e. The average molecular weight is 521 g/mol. The van der Waals surface area contributed by atoms with E-state index < -0.39 is 11.7 Å². The van der Waals surface area contributed by atoms with Crippen LogP contribution in [0.25, 0.3) is 11.3 Å². The summed E-state index contributed by atoms with van der Waals surface area (Å²) in [4.78, 5) is 43.1. The number of aromatic nitrogens is 4. The fraction of sp³-hybridized carbons (Fsp3) is 0.500. The second kappa shape index (κ2) is 10.5. The second-order valence-electron chi connectivity index (χ2n) is 11.1. The van der Waals surface area contributed by atoms with Crippen LogP contribution in [0.2, 0.25) is 0 Å². The number of H-pyrrole nitrogens is 2. The van der Waals surface area contributed by atoms with Gasteiger partial charge in [-0.2, -0.15) is 0 Å². The molecule has 5 rings (SSSR count). The lowest BCUT2D eigenvalue weighted by atomic mass is 10.1. The minimum atomic E-state index is -0.900. The molecule has 1 aromatic carbocycles. The molecule has 2 aromatic heterocycles. The average Bonchev–Trinajstić information content (AvgIpc) is 3.66. The molecule has 38 heavy (non-hydrogen) atoms. The van der Waals surface area contributed by atoms with Crippen LogP contribution < -0.4 is 0 Å². The maximum Gasteiger partial charge on any atom is 0.410 e. The lowest BCUT2D eigenvalue weighted by Crippen LogP contribution is -2.36. The molecule has 10 heteroatoms. The van der Waals surface area contributed by atoms with Crippen molar-refractivity contribution in [1.82, 2.24) is 29.7 Å². The zero-order chi connectivity index (χ0) is 26.9. The van der Waals surface area contributed by atoms with Gasteiger partial charge in [0, 0.05) is 25.0 Å². The number of likely N-dealkylation sites (tertiary alicyclic amines) is 2. The highest BCUT2D eigenvalue weighted by Gasteiger charge is 2.35. The van der Waals surface area contributed by atoms with E-state index in [0.29, 0.717) is 18.9 Å². The SMILES string of the molecule is CC(C)(C)OC(=O)N1CCCC1c1ncc(CCc2ccc(-c3cnc(C4CCCN4C(=O)O)[nH]3)cc2)[nH]1. The summed E-state index contributed by atoms with van der Waals surface area (Å²) in [7, 11) is 0. The largest absolute Gasteiger partial charge is 0.465 e. The van der Waals surface area contributed by atoms with Gasteiger partial charge in [0.1, 0.15) is 17.2 Å². The van der Waals surface area contributed by atoms with Gasteiger partial charge in [0.25, 0.3) is 0 Å². The van der Waals surface area contributed by atoms with Crippen molar-refractivity contribution in [3.63, 3.8) is 0 Å². The molecule has 0 spiro atoms. The number of carbonyl (C=O) groups is 2. The van der Waals surface area contributed by atoms with Crippen LogP contribution in [0.5, 0.6) is 0 Å². The fourth-order valence-electron chi connectivity index (χ4n) is 5.33. The molecule has 2 amide bonds. The van der Waals surface area contributed by atoms with Gasteiger partial charge in [0.05, 0.1) is 24.0 Å². The van der Waals surface area contributed by atoms with Gasteiger partial charge in [-0.05, 0) is 70.4 Å². The zero-order valence-corrected chi connectivity index (χ0v) is 22.2. The summed E-state index contributed by atoms with van der Waals surface area (Å²) in [6, 6.07) is 8.04. The lowest BCUT2D eigenvalue weighted by Gasteiger charge is -2.27. The molecule has 0 bridgehead atoms. The number of benzene rings is 1. The van der Waals surface area contributed by atoms with Crippen LogP contribution in [-0.2, 0) is 17.6 Å². The first kappa shape index (κ1) is 25.8. The highest BCUT2D eigenvalue weighted by Crippen LogP contribution is 2.33. The Kier molecular flexibility index (Phi) is 7.14. The molecule has 202 valence electrons. The Morgan fingerprint density at radius 3 is 2.26 bits per heavy atom. The molecule has 3 N–H and O–H groups in total. The Bertz CT molecular complexity index is 1280. The molecule has 2 fully saturated rings. The van der Waals surface area contributed by atoms with E-state index >= 15 is 0 Å². The van der Waals surface area contributed by atoms with Crippen LogP contribution in [0.3, 0.4) is 0 Å². The third-order valence-corrected chi connectivity index (χ3v) is 7.20. The summed E-state index contributed by atoms with van der Waals surface area (Å²) >= 11 is 0. The molecular weight excluding hydrogens is 484 g/mol. The molecule has 2 atom stereocenters. The van der Waals surface area contributed by atoms with Gasteiger partial charge in [-0.1, -0.05) is 24.3 Å². The van der Waals surface area contributed by atoms with E-state index in [1.807, 2.05) is 27.0 Å². The van der Waals surface area contributed by atoms with E-state index in [0.717, 1.165) is 61.3 Å². The first-order chi connectivity index (χ1) is 18.2. The molecule has 4 heterocycles. The quantitative estimate of drug-likeness (QED) is 0.395. The van der Waals surface area contributed by atoms with Crippen molar-refractivity contribution >= 4 is 12.2 Å². The zero-order valence-electron chi connectivity index (χ0n) is 22.2. The Balaban J connectivity index is 1.18. The minimum absolute atomic E-state index is 0.0796. The van der Waals surface area contributed by atoms with Gasteiger partial charge in [0.15, 0.2) is 0 Å². The number of nitrogens with zero attached hydrogens (tertiary/aromatic N) is 4. The van der Waals surface area contributed by atoms with E-state index in [-0.39, 0.29) is 18.2 Å². The number of rotatable bonds is 6. The van der Waals surface area contributed by atoms with E-state index in [4.69, 9.17) is 4.74 Å². The molecule has 10 nitrogen and oxygen atoms in total. The van der Waals surface area contributed by atoms with Crippen molar-refractivity contribution in [1.29, 1.82) is 0 Å². The lowest BCUT2D eigenvalue weighted by molar-refractivity contribution is 0.0218. The van der Waals surface area contributed by atoms with E-state index in [9.17, 15) is 14.7 Å². The third kappa shape index (κ3) is 5.69. The van der Waals surface area contributed by atoms with E-state index in [1.54, 1.807) is 11.1 Å². The maximum atomic E-state index is 12.6. The topological polar surface area (TPSA) is 127 Å². The standard InChI is InChI=1S/C28H36N6O4/c1-28(2,3)38-27(37)34-15-5-7-23(34)24-29-16-20(31-24)13-10-18-8-11-19(12-9-18)21-17-30-25(32-21)22-6-4-14-33(22)26(35)36/h8-9,11-12,16-17,22-23H,4-7,10,13-15H2,1-3H3,(H,29,31)(H,30,32)(H,35,36).